The largest absolute Gasteiger partial charge is 0.295 e. The molecule has 24 heavy (non-hydrogen) atoms. The summed E-state index contributed by atoms with van der Waals surface area (Å²) in [5.74, 6) is -0.168. The summed E-state index contributed by atoms with van der Waals surface area (Å²) < 4.78 is 27.4. The Hall–Kier alpha value is -2.47. The van der Waals surface area contributed by atoms with E-state index in [1.54, 1.807) is 42.7 Å². The highest BCUT2D eigenvalue weighted by Crippen LogP contribution is 2.45. The van der Waals surface area contributed by atoms with E-state index in [2.05, 4.69) is 4.98 Å². The number of carbonyl (C=O) groups is 1. The molecule has 1 aliphatic heterocycles. The number of aromatic nitrogens is 1. The van der Waals surface area contributed by atoms with Crippen LogP contribution in [0.15, 0.2) is 65.5 Å². The molecule has 124 valence electrons. The Morgan fingerprint density at radius 1 is 1.25 bits per heavy atom. The van der Waals surface area contributed by atoms with Crippen molar-refractivity contribution in [3.63, 3.8) is 0 Å². The fraction of sp³-hybridized carbons (Fsp3) is 0.222. The molecule has 1 aliphatic rings. The Balaban J connectivity index is 2.04. The van der Waals surface area contributed by atoms with Crippen molar-refractivity contribution in [2.75, 3.05) is 0 Å². The highest BCUT2D eigenvalue weighted by Gasteiger charge is 2.42. The number of ketones is 1. The third kappa shape index (κ3) is 2.97. The minimum atomic E-state index is -3.73. The SMILES string of the molecule is CC(=O)/C=C1\CC(c2cccnc2)N1S(=O)(=O)c1ccc(C)cc1. The summed E-state index contributed by atoms with van der Waals surface area (Å²) in [7, 11) is -3.73. The van der Waals surface area contributed by atoms with Crippen molar-refractivity contribution in [3.05, 3.63) is 71.7 Å². The number of carbonyl (C=O) groups excluding carboxylic acids is 1. The van der Waals surface area contributed by atoms with Gasteiger partial charge in [0, 0.05) is 30.6 Å². The number of hydrogen-bond donors (Lipinski definition) is 0. The van der Waals surface area contributed by atoms with Gasteiger partial charge in [0.1, 0.15) is 0 Å². The van der Waals surface area contributed by atoms with Gasteiger partial charge in [-0.05, 0) is 37.6 Å². The number of aryl methyl sites for hydroxylation is 1. The summed E-state index contributed by atoms with van der Waals surface area (Å²) in [6, 6.07) is 10.00. The zero-order valence-corrected chi connectivity index (χ0v) is 14.3. The molecule has 1 saturated heterocycles. The lowest BCUT2D eigenvalue weighted by Crippen LogP contribution is -2.43. The first kappa shape index (κ1) is 16.4. The van der Waals surface area contributed by atoms with Crippen LogP contribution in [0.2, 0.25) is 0 Å². The Labute approximate surface area is 141 Å². The Morgan fingerprint density at radius 3 is 2.54 bits per heavy atom. The number of allylic oxidation sites excluding steroid dienone is 1. The van der Waals surface area contributed by atoms with E-state index in [1.165, 1.54) is 17.3 Å². The summed E-state index contributed by atoms with van der Waals surface area (Å²) in [4.78, 5) is 15.7. The van der Waals surface area contributed by atoms with Crippen LogP contribution in [-0.4, -0.2) is 23.5 Å². The smallest absolute Gasteiger partial charge is 0.264 e. The second kappa shape index (κ2) is 6.20. The molecule has 0 saturated carbocycles. The van der Waals surface area contributed by atoms with E-state index in [0.29, 0.717) is 12.1 Å². The van der Waals surface area contributed by atoms with Gasteiger partial charge in [-0.25, -0.2) is 8.42 Å². The first-order valence-electron chi connectivity index (χ1n) is 7.62. The van der Waals surface area contributed by atoms with E-state index in [0.717, 1.165) is 11.1 Å². The molecule has 0 bridgehead atoms. The molecular formula is C18H18N2O3S. The van der Waals surface area contributed by atoms with Gasteiger partial charge in [0.25, 0.3) is 10.0 Å². The first-order valence-corrected chi connectivity index (χ1v) is 9.06. The number of pyridine rings is 1. The quantitative estimate of drug-likeness (QED) is 0.801. The van der Waals surface area contributed by atoms with Crippen LogP contribution in [0.1, 0.15) is 30.5 Å². The molecule has 2 aromatic rings. The highest BCUT2D eigenvalue weighted by molar-refractivity contribution is 7.89. The zero-order valence-electron chi connectivity index (χ0n) is 13.5. The normalized spacial score (nSPS) is 19.2. The van der Waals surface area contributed by atoms with E-state index in [1.807, 2.05) is 13.0 Å². The van der Waals surface area contributed by atoms with Crippen LogP contribution >= 0.6 is 0 Å². The summed E-state index contributed by atoms with van der Waals surface area (Å²) in [5, 5.41) is 0. The number of benzene rings is 1. The Kier molecular flexibility index (Phi) is 4.24. The molecule has 0 amide bonds. The van der Waals surface area contributed by atoms with Crippen molar-refractivity contribution in [1.82, 2.24) is 9.29 Å². The molecular weight excluding hydrogens is 324 g/mol. The number of sulfonamides is 1. The lowest BCUT2D eigenvalue weighted by atomic mass is 9.95. The standard InChI is InChI=1S/C18H18N2O3S/c1-13-5-7-17(8-6-13)24(22,23)20-16(10-14(2)21)11-18(20)15-4-3-9-19-12-15/h3-10,12,18H,11H2,1-2H3/b16-10+. The molecule has 1 aromatic carbocycles. The fourth-order valence-corrected chi connectivity index (χ4v) is 4.46. The number of hydrogen-bond acceptors (Lipinski definition) is 4. The molecule has 1 fully saturated rings. The molecule has 1 aromatic heterocycles. The minimum Gasteiger partial charge on any atom is -0.295 e. The molecule has 0 aliphatic carbocycles. The van der Waals surface area contributed by atoms with Crippen molar-refractivity contribution in [3.8, 4) is 0 Å². The Morgan fingerprint density at radius 2 is 1.96 bits per heavy atom. The van der Waals surface area contributed by atoms with Crippen LogP contribution in [0.5, 0.6) is 0 Å². The molecule has 3 rings (SSSR count). The van der Waals surface area contributed by atoms with Crippen molar-refractivity contribution in [2.45, 2.75) is 31.2 Å². The molecule has 1 atom stereocenters. The van der Waals surface area contributed by atoms with Gasteiger partial charge >= 0.3 is 0 Å². The molecule has 1 unspecified atom stereocenters. The third-order valence-electron chi connectivity index (χ3n) is 3.99. The number of rotatable bonds is 4. The monoisotopic (exact) mass is 342 g/mol. The van der Waals surface area contributed by atoms with Crippen LogP contribution in [0.4, 0.5) is 0 Å². The van der Waals surface area contributed by atoms with E-state index in [9.17, 15) is 13.2 Å². The molecule has 5 nitrogen and oxygen atoms in total. The van der Waals surface area contributed by atoms with Gasteiger partial charge in [-0.3, -0.25) is 14.1 Å². The third-order valence-corrected chi connectivity index (χ3v) is 5.86. The first-order chi connectivity index (χ1) is 11.4. The van der Waals surface area contributed by atoms with Crippen LogP contribution in [-0.2, 0) is 14.8 Å². The van der Waals surface area contributed by atoms with E-state index >= 15 is 0 Å². The average Bonchev–Trinajstić information content (AvgIpc) is 2.51. The van der Waals surface area contributed by atoms with Crippen molar-refractivity contribution >= 4 is 15.8 Å². The average molecular weight is 342 g/mol. The van der Waals surface area contributed by atoms with Crippen LogP contribution in [0.3, 0.4) is 0 Å². The van der Waals surface area contributed by atoms with Crippen molar-refractivity contribution in [2.24, 2.45) is 0 Å². The maximum absolute atomic E-state index is 13.1. The Bertz CT molecular complexity index is 888. The zero-order chi connectivity index (χ0) is 17.3. The van der Waals surface area contributed by atoms with Crippen LogP contribution in [0, 0.1) is 6.92 Å². The second-order valence-corrected chi connectivity index (χ2v) is 7.68. The summed E-state index contributed by atoms with van der Waals surface area (Å²) in [6.45, 7) is 3.32. The molecule has 0 radical (unpaired) electrons. The summed E-state index contributed by atoms with van der Waals surface area (Å²) >= 11 is 0. The van der Waals surface area contributed by atoms with Crippen molar-refractivity contribution < 1.29 is 13.2 Å². The molecule has 0 N–H and O–H groups in total. The molecule has 6 heteroatoms. The minimum absolute atomic E-state index is 0.168. The fourth-order valence-electron chi connectivity index (χ4n) is 2.79. The van der Waals surface area contributed by atoms with Crippen LogP contribution in [0.25, 0.3) is 0 Å². The molecule has 0 spiro atoms. The predicted molar refractivity (Wildman–Crippen MR) is 90.6 cm³/mol. The van der Waals surface area contributed by atoms with E-state index in [4.69, 9.17) is 0 Å². The van der Waals surface area contributed by atoms with Gasteiger partial charge in [0.05, 0.1) is 10.9 Å². The van der Waals surface area contributed by atoms with Crippen molar-refractivity contribution in [1.29, 1.82) is 0 Å². The van der Waals surface area contributed by atoms with Gasteiger partial charge < -0.3 is 0 Å². The lowest BCUT2D eigenvalue weighted by molar-refractivity contribution is -0.112. The van der Waals surface area contributed by atoms with Gasteiger partial charge in [-0.1, -0.05) is 23.8 Å². The second-order valence-electron chi connectivity index (χ2n) is 5.87. The van der Waals surface area contributed by atoms with Gasteiger partial charge in [0.15, 0.2) is 5.78 Å². The van der Waals surface area contributed by atoms with Gasteiger partial charge in [0.2, 0.25) is 0 Å². The maximum Gasteiger partial charge on any atom is 0.264 e. The molecule has 2 heterocycles. The van der Waals surface area contributed by atoms with E-state index < -0.39 is 10.0 Å². The maximum atomic E-state index is 13.1. The van der Waals surface area contributed by atoms with Gasteiger partial charge in [-0.2, -0.15) is 0 Å². The van der Waals surface area contributed by atoms with E-state index in [-0.39, 0.29) is 16.7 Å². The van der Waals surface area contributed by atoms with Crippen LogP contribution < -0.4 is 0 Å². The number of nitrogens with zero attached hydrogens (tertiary/aromatic N) is 2. The summed E-state index contributed by atoms with van der Waals surface area (Å²) in [6.07, 6.45) is 5.19. The highest BCUT2D eigenvalue weighted by atomic mass is 32.2. The van der Waals surface area contributed by atoms with Gasteiger partial charge in [-0.15, -0.1) is 0 Å². The summed E-state index contributed by atoms with van der Waals surface area (Å²) in [5.41, 5.74) is 2.31. The lowest BCUT2D eigenvalue weighted by Gasteiger charge is -2.43. The topological polar surface area (TPSA) is 67.3 Å². The predicted octanol–water partition coefficient (Wildman–Crippen LogP) is 3.00.